The Balaban J connectivity index is 2.15. The van der Waals surface area contributed by atoms with Crippen LogP contribution in [0.1, 0.15) is 5.76 Å². The second-order valence-corrected chi connectivity index (χ2v) is 4.03. The highest BCUT2D eigenvalue weighted by molar-refractivity contribution is 5.83. The van der Waals surface area contributed by atoms with Gasteiger partial charge in [0, 0.05) is 5.39 Å². The molecule has 1 aromatic heterocycles. The van der Waals surface area contributed by atoms with E-state index < -0.39 is 0 Å². The molecular weight excluding hydrogens is 234 g/mol. The Morgan fingerprint density at radius 1 is 1.33 bits per heavy atom. The van der Waals surface area contributed by atoms with Crippen LogP contribution in [0.25, 0.3) is 11.0 Å². The standard InChI is InChI=1S/C13H17NO4/c1-17-12-4-2-3-9-5-11(18-13(9)12)6-14-10(7-15)8-16/h2-5,10,14-16H,6-8H2,1H3. The lowest BCUT2D eigenvalue weighted by molar-refractivity contribution is 0.168. The van der Waals surface area contributed by atoms with Crippen molar-refractivity contribution in [3.05, 3.63) is 30.0 Å². The molecule has 0 spiro atoms. The summed E-state index contributed by atoms with van der Waals surface area (Å²) in [6.45, 7) is 0.226. The molecule has 0 unspecified atom stereocenters. The highest BCUT2D eigenvalue weighted by atomic mass is 16.5. The van der Waals surface area contributed by atoms with Gasteiger partial charge in [-0.15, -0.1) is 0 Å². The van der Waals surface area contributed by atoms with Crippen LogP contribution in [0, 0.1) is 0 Å². The molecule has 0 aliphatic carbocycles. The van der Waals surface area contributed by atoms with Gasteiger partial charge in [-0.25, -0.2) is 0 Å². The van der Waals surface area contributed by atoms with E-state index in [1.54, 1.807) is 7.11 Å². The minimum atomic E-state index is -0.333. The SMILES string of the molecule is COc1cccc2cc(CNC(CO)CO)oc12. The van der Waals surface area contributed by atoms with E-state index in [2.05, 4.69) is 5.32 Å². The van der Waals surface area contributed by atoms with Crippen molar-refractivity contribution in [2.45, 2.75) is 12.6 Å². The van der Waals surface area contributed by atoms with Crippen molar-refractivity contribution >= 4 is 11.0 Å². The van der Waals surface area contributed by atoms with E-state index in [1.807, 2.05) is 24.3 Å². The molecule has 2 aromatic rings. The van der Waals surface area contributed by atoms with Crippen LogP contribution in [0.5, 0.6) is 5.75 Å². The molecule has 5 heteroatoms. The van der Waals surface area contributed by atoms with E-state index in [4.69, 9.17) is 19.4 Å². The maximum absolute atomic E-state index is 8.95. The fourth-order valence-electron chi connectivity index (χ4n) is 1.77. The van der Waals surface area contributed by atoms with Gasteiger partial charge in [0.15, 0.2) is 11.3 Å². The van der Waals surface area contributed by atoms with Crippen molar-refractivity contribution in [2.75, 3.05) is 20.3 Å². The van der Waals surface area contributed by atoms with Gasteiger partial charge in [-0.1, -0.05) is 12.1 Å². The monoisotopic (exact) mass is 251 g/mol. The van der Waals surface area contributed by atoms with Gasteiger partial charge in [0.1, 0.15) is 5.76 Å². The minimum absolute atomic E-state index is 0.111. The third-order valence-electron chi connectivity index (χ3n) is 2.78. The first-order valence-corrected chi connectivity index (χ1v) is 5.79. The van der Waals surface area contributed by atoms with Gasteiger partial charge in [0.05, 0.1) is 32.9 Å². The average molecular weight is 251 g/mol. The number of furan rings is 1. The fraction of sp³-hybridized carbons (Fsp3) is 0.385. The number of hydrogen-bond acceptors (Lipinski definition) is 5. The summed E-state index contributed by atoms with van der Waals surface area (Å²) in [5.74, 6) is 1.43. The van der Waals surface area contributed by atoms with E-state index >= 15 is 0 Å². The lowest BCUT2D eigenvalue weighted by Crippen LogP contribution is -2.35. The fourth-order valence-corrected chi connectivity index (χ4v) is 1.77. The van der Waals surface area contributed by atoms with E-state index in [-0.39, 0.29) is 19.3 Å². The predicted molar refractivity (Wildman–Crippen MR) is 67.6 cm³/mol. The lowest BCUT2D eigenvalue weighted by Gasteiger charge is -2.11. The van der Waals surface area contributed by atoms with Crippen molar-refractivity contribution < 1.29 is 19.4 Å². The Labute approximate surface area is 105 Å². The number of aliphatic hydroxyl groups excluding tert-OH is 2. The van der Waals surface area contributed by atoms with Crippen molar-refractivity contribution in [1.29, 1.82) is 0 Å². The Morgan fingerprint density at radius 2 is 2.11 bits per heavy atom. The number of methoxy groups -OCH3 is 1. The molecule has 18 heavy (non-hydrogen) atoms. The second kappa shape index (κ2) is 5.86. The number of fused-ring (bicyclic) bond motifs is 1. The van der Waals surface area contributed by atoms with Crippen LogP contribution in [0.4, 0.5) is 0 Å². The zero-order chi connectivity index (χ0) is 13.0. The molecule has 1 aromatic carbocycles. The van der Waals surface area contributed by atoms with Crippen LogP contribution in [0.2, 0.25) is 0 Å². The summed E-state index contributed by atoms with van der Waals surface area (Å²) in [7, 11) is 1.60. The van der Waals surface area contributed by atoms with Crippen LogP contribution in [0.15, 0.2) is 28.7 Å². The van der Waals surface area contributed by atoms with E-state index in [9.17, 15) is 0 Å². The predicted octanol–water partition coefficient (Wildman–Crippen LogP) is 0.884. The van der Waals surface area contributed by atoms with Gasteiger partial charge < -0.3 is 24.7 Å². The van der Waals surface area contributed by atoms with Crippen LogP contribution in [-0.2, 0) is 6.54 Å². The molecule has 0 saturated heterocycles. The number of hydrogen-bond donors (Lipinski definition) is 3. The molecule has 0 fully saturated rings. The van der Waals surface area contributed by atoms with E-state index in [0.717, 1.165) is 11.1 Å². The molecule has 2 rings (SSSR count). The lowest BCUT2D eigenvalue weighted by atomic mass is 10.2. The molecule has 98 valence electrons. The topological polar surface area (TPSA) is 74.9 Å². The molecule has 0 radical (unpaired) electrons. The maximum atomic E-state index is 8.95. The van der Waals surface area contributed by atoms with Gasteiger partial charge in [-0.2, -0.15) is 0 Å². The third kappa shape index (κ3) is 2.64. The van der Waals surface area contributed by atoms with Crippen molar-refractivity contribution in [3.63, 3.8) is 0 Å². The largest absolute Gasteiger partial charge is 0.493 e. The number of aliphatic hydroxyl groups is 2. The summed E-state index contributed by atoms with van der Waals surface area (Å²) in [6, 6.07) is 7.27. The van der Waals surface area contributed by atoms with Crippen molar-refractivity contribution in [2.24, 2.45) is 0 Å². The zero-order valence-corrected chi connectivity index (χ0v) is 10.2. The second-order valence-electron chi connectivity index (χ2n) is 4.03. The molecule has 3 N–H and O–H groups in total. The van der Waals surface area contributed by atoms with Crippen molar-refractivity contribution in [3.8, 4) is 5.75 Å². The molecular formula is C13H17NO4. The van der Waals surface area contributed by atoms with Crippen molar-refractivity contribution in [1.82, 2.24) is 5.32 Å². The minimum Gasteiger partial charge on any atom is -0.493 e. The summed E-state index contributed by atoms with van der Waals surface area (Å²) in [6.07, 6.45) is 0. The summed E-state index contributed by atoms with van der Waals surface area (Å²) in [5.41, 5.74) is 0.710. The quantitative estimate of drug-likeness (QED) is 0.710. The number of rotatable bonds is 6. The first kappa shape index (κ1) is 12.9. The summed E-state index contributed by atoms with van der Waals surface area (Å²) in [5, 5.41) is 21.9. The first-order valence-electron chi connectivity index (χ1n) is 5.79. The summed E-state index contributed by atoms with van der Waals surface area (Å²) in [4.78, 5) is 0. The molecule has 1 heterocycles. The van der Waals surface area contributed by atoms with Gasteiger partial charge in [0.2, 0.25) is 0 Å². The number of nitrogens with one attached hydrogen (secondary N) is 1. The molecule has 0 atom stereocenters. The molecule has 0 aliphatic heterocycles. The van der Waals surface area contributed by atoms with Gasteiger partial charge in [-0.3, -0.25) is 0 Å². The number of ether oxygens (including phenoxy) is 1. The summed E-state index contributed by atoms with van der Waals surface area (Å²) < 4.78 is 10.9. The molecule has 0 bridgehead atoms. The van der Waals surface area contributed by atoms with E-state index in [1.165, 1.54) is 0 Å². The third-order valence-corrected chi connectivity index (χ3v) is 2.78. The molecule has 0 amide bonds. The van der Waals surface area contributed by atoms with E-state index in [0.29, 0.717) is 17.9 Å². The number of benzene rings is 1. The first-order chi connectivity index (χ1) is 8.78. The molecule has 0 saturated carbocycles. The normalized spacial score (nSPS) is 11.3. The van der Waals surface area contributed by atoms with Crippen LogP contribution < -0.4 is 10.1 Å². The van der Waals surface area contributed by atoms with Crippen LogP contribution >= 0.6 is 0 Å². The highest BCUT2D eigenvalue weighted by Crippen LogP contribution is 2.28. The number of para-hydroxylation sites is 1. The summed E-state index contributed by atoms with van der Waals surface area (Å²) >= 11 is 0. The van der Waals surface area contributed by atoms with Crippen LogP contribution in [-0.4, -0.2) is 36.6 Å². The zero-order valence-electron chi connectivity index (χ0n) is 10.2. The van der Waals surface area contributed by atoms with Gasteiger partial charge >= 0.3 is 0 Å². The van der Waals surface area contributed by atoms with Gasteiger partial charge in [-0.05, 0) is 12.1 Å². The highest BCUT2D eigenvalue weighted by Gasteiger charge is 2.10. The Bertz CT molecular complexity index is 505. The van der Waals surface area contributed by atoms with Crippen LogP contribution in [0.3, 0.4) is 0 Å². The smallest absolute Gasteiger partial charge is 0.176 e. The maximum Gasteiger partial charge on any atom is 0.176 e. The Kier molecular flexibility index (Phi) is 4.19. The Hall–Kier alpha value is -1.56. The molecule has 5 nitrogen and oxygen atoms in total. The Morgan fingerprint density at radius 3 is 2.78 bits per heavy atom. The molecule has 0 aliphatic rings. The van der Waals surface area contributed by atoms with Gasteiger partial charge in [0.25, 0.3) is 0 Å². The average Bonchev–Trinajstić information content (AvgIpc) is 2.82.